The van der Waals surface area contributed by atoms with E-state index in [1.54, 1.807) is 67.6 Å². The van der Waals surface area contributed by atoms with E-state index in [0.717, 1.165) is 0 Å². The van der Waals surface area contributed by atoms with Crippen molar-refractivity contribution in [2.45, 2.75) is 16.7 Å². The van der Waals surface area contributed by atoms with Gasteiger partial charge >= 0.3 is 11.8 Å². The smallest absolute Gasteiger partial charge is 0.364 e. The minimum atomic E-state index is -3.94. The summed E-state index contributed by atoms with van der Waals surface area (Å²) in [6.45, 7) is 1.63. The molecular weight excluding hydrogens is 400 g/mol. The van der Waals surface area contributed by atoms with Gasteiger partial charge in [0.2, 0.25) is 20.4 Å². The summed E-state index contributed by atoms with van der Waals surface area (Å²) in [5.41, 5.74) is 1.31. The predicted molar refractivity (Wildman–Crippen MR) is 110 cm³/mol. The summed E-state index contributed by atoms with van der Waals surface area (Å²) in [7, 11) is -3.94. The molecule has 150 valence electrons. The summed E-state index contributed by atoms with van der Waals surface area (Å²) in [6, 6.07) is 25.5. The van der Waals surface area contributed by atoms with E-state index in [4.69, 9.17) is 4.74 Å². The fourth-order valence-electron chi connectivity index (χ4n) is 3.14. The van der Waals surface area contributed by atoms with Crippen LogP contribution in [0.15, 0.2) is 101 Å². The molecule has 4 rings (SSSR count). The zero-order valence-corrected chi connectivity index (χ0v) is 17.0. The molecule has 7 heteroatoms. The molecule has 0 aliphatic rings. The molecule has 0 saturated carbocycles. The molecule has 1 aromatic heterocycles. The van der Waals surface area contributed by atoms with Crippen LogP contribution in [0.5, 0.6) is 5.88 Å². The average molecular weight is 419 g/mol. The molecule has 0 spiro atoms. The zero-order valence-electron chi connectivity index (χ0n) is 16.1. The predicted octanol–water partition coefficient (Wildman–Crippen LogP) is 3.65. The number of esters is 1. The summed E-state index contributed by atoms with van der Waals surface area (Å²) in [5.74, 6) is -0.736. The second kappa shape index (κ2) is 7.96. The Kier molecular flexibility index (Phi) is 5.20. The number of hydrogen-bond donors (Lipinski definition) is 1. The summed E-state index contributed by atoms with van der Waals surface area (Å²) in [4.78, 5) is 12.8. The number of ether oxygens (including phenoxy) is 1. The Morgan fingerprint density at radius 2 is 1.37 bits per heavy atom. The van der Waals surface area contributed by atoms with Crippen molar-refractivity contribution in [3.63, 3.8) is 0 Å². The van der Waals surface area contributed by atoms with Gasteiger partial charge in [0, 0.05) is 12.1 Å². The lowest BCUT2D eigenvalue weighted by Crippen LogP contribution is -2.35. The third-order valence-electron chi connectivity index (χ3n) is 4.55. The van der Waals surface area contributed by atoms with Gasteiger partial charge in [-0.3, -0.25) is 0 Å². The van der Waals surface area contributed by atoms with Crippen LogP contribution in [-0.4, -0.2) is 19.5 Å². The number of aryl methyl sites for hydroxylation is 1. The Morgan fingerprint density at radius 3 is 1.97 bits per heavy atom. The third kappa shape index (κ3) is 3.62. The maximum atomic E-state index is 13.4. The topological polar surface area (TPSA) is 80.1 Å². The molecule has 0 aliphatic carbocycles. The zero-order chi connectivity index (χ0) is 21.1. The number of carbonyl (C=O) groups excluding carboxylic acids is 1. The number of nitrogens with one attached hydrogen (secondary N) is 1. The Hall–Kier alpha value is -3.71. The monoisotopic (exact) mass is 419 g/mol. The molecule has 0 saturated heterocycles. The van der Waals surface area contributed by atoms with E-state index in [1.165, 1.54) is 16.8 Å². The highest BCUT2D eigenvalue weighted by molar-refractivity contribution is 7.91. The van der Waals surface area contributed by atoms with Crippen molar-refractivity contribution >= 4 is 15.8 Å². The Bertz CT molecular complexity index is 1280. The molecule has 1 heterocycles. The number of aromatic nitrogens is 2. The van der Waals surface area contributed by atoms with E-state index >= 15 is 0 Å². The number of hydrogen-bond acceptors (Lipinski definition) is 4. The van der Waals surface area contributed by atoms with Crippen LogP contribution in [0.1, 0.15) is 16.1 Å². The van der Waals surface area contributed by atoms with Crippen LogP contribution in [-0.2, 0) is 9.84 Å². The number of para-hydroxylation sites is 1. The van der Waals surface area contributed by atoms with Crippen molar-refractivity contribution in [3.8, 4) is 11.6 Å². The molecule has 6 nitrogen and oxygen atoms in total. The molecule has 1 N–H and O–H groups in total. The Balaban J connectivity index is 1.90. The van der Waals surface area contributed by atoms with Crippen LogP contribution >= 0.6 is 0 Å². The SMILES string of the molecule is Cc1[nH][n+](-c2ccccc2)c(OC(=O)c2ccccc2)c1S(=O)(=O)c1ccccc1. The van der Waals surface area contributed by atoms with E-state index in [2.05, 4.69) is 5.10 Å². The standard InChI is InChI=1S/C23H18N2O4S/c1-17-21(30(27,28)20-15-9-4-10-16-20)22(25(24-17)19-13-7-3-8-14-19)29-23(26)18-11-5-2-6-12-18/h2-16H,1H3/p+1. The lowest BCUT2D eigenvalue weighted by molar-refractivity contribution is -0.660. The van der Waals surface area contributed by atoms with Crippen molar-refractivity contribution in [1.29, 1.82) is 0 Å². The van der Waals surface area contributed by atoms with E-state index in [1.807, 2.05) is 18.2 Å². The number of rotatable bonds is 5. The highest BCUT2D eigenvalue weighted by Gasteiger charge is 2.38. The van der Waals surface area contributed by atoms with Gasteiger partial charge in [-0.1, -0.05) is 54.6 Å². The molecule has 30 heavy (non-hydrogen) atoms. The van der Waals surface area contributed by atoms with Gasteiger partial charge in [-0.2, -0.15) is 5.10 Å². The number of aromatic amines is 1. The first-order chi connectivity index (χ1) is 14.5. The first-order valence-electron chi connectivity index (χ1n) is 9.26. The molecule has 0 bridgehead atoms. The van der Waals surface area contributed by atoms with Gasteiger partial charge in [0.05, 0.1) is 10.5 Å². The normalized spacial score (nSPS) is 11.2. The van der Waals surface area contributed by atoms with Gasteiger partial charge in [0.15, 0.2) is 0 Å². The summed E-state index contributed by atoms with van der Waals surface area (Å²) < 4.78 is 34.0. The molecular formula is C23H19N2O4S+. The fraction of sp³-hybridized carbons (Fsp3) is 0.0435. The molecule has 0 fully saturated rings. The van der Waals surface area contributed by atoms with E-state index in [0.29, 0.717) is 16.9 Å². The highest BCUT2D eigenvalue weighted by atomic mass is 32.2. The highest BCUT2D eigenvalue weighted by Crippen LogP contribution is 2.31. The Morgan fingerprint density at radius 1 is 0.833 bits per heavy atom. The molecule has 0 aliphatic heterocycles. The summed E-state index contributed by atoms with van der Waals surface area (Å²) in [5, 5.41) is 3.02. The van der Waals surface area contributed by atoms with E-state index < -0.39 is 15.8 Å². The minimum absolute atomic E-state index is 0.0816. The first kappa shape index (κ1) is 19.6. The average Bonchev–Trinajstić information content (AvgIpc) is 3.12. The number of sulfone groups is 1. The van der Waals surface area contributed by atoms with Crippen LogP contribution in [0.25, 0.3) is 5.69 Å². The minimum Gasteiger partial charge on any atom is -0.364 e. The molecule has 0 radical (unpaired) electrons. The van der Waals surface area contributed by atoms with Crippen LogP contribution in [0.3, 0.4) is 0 Å². The number of benzene rings is 3. The first-order valence-corrected chi connectivity index (χ1v) is 10.7. The molecule has 0 amide bonds. The Labute approximate surface area is 174 Å². The largest absolute Gasteiger partial charge is 0.427 e. The van der Waals surface area contributed by atoms with Crippen molar-refractivity contribution < 1.29 is 22.6 Å². The van der Waals surface area contributed by atoms with Gasteiger partial charge < -0.3 is 4.74 Å². The second-order valence-electron chi connectivity index (χ2n) is 6.61. The maximum absolute atomic E-state index is 13.4. The summed E-state index contributed by atoms with van der Waals surface area (Å²) in [6.07, 6.45) is 0. The molecule has 3 aromatic carbocycles. The van der Waals surface area contributed by atoms with Crippen molar-refractivity contribution in [2.24, 2.45) is 0 Å². The van der Waals surface area contributed by atoms with E-state index in [9.17, 15) is 13.2 Å². The van der Waals surface area contributed by atoms with Crippen LogP contribution < -0.4 is 9.42 Å². The van der Waals surface area contributed by atoms with E-state index in [-0.39, 0.29) is 15.7 Å². The molecule has 4 aromatic rings. The van der Waals surface area contributed by atoms with Crippen LogP contribution in [0.2, 0.25) is 0 Å². The van der Waals surface area contributed by atoms with Crippen molar-refractivity contribution in [2.75, 3.05) is 0 Å². The summed E-state index contributed by atoms with van der Waals surface area (Å²) >= 11 is 0. The van der Waals surface area contributed by atoms with Crippen molar-refractivity contribution in [1.82, 2.24) is 5.10 Å². The third-order valence-corrected chi connectivity index (χ3v) is 6.46. The quantitative estimate of drug-likeness (QED) is 0.396. The van der Waals surface area contributed by atoms with Gasteiger partial charge in [-0.15, -0.1) is 0 Å². The number of nitrogens with zero attached hydrogens (tertiary/aromatic N) is 1. The number of H-pyrrole nitrogens is 1. The second-order valence-corrected chi connectivity index (χ2v) is 8.50. The van der Waals surface area contributed by atoms with Crippen LogP contribution in [0.4, 0.5) is 0 Å². The lowest BCUT2D eigenvalue weighted by Gasteiger charge is -2.05. The van der Waals surface area contributed by atoms with Crippen LogP contribution in [0, 0.1) is 6.92 Å². The molecule has 0 unspecified atom stereocenters. The van der Waals surface area contributed by atoms with Crippen molar-refractivity contribution in [3.05, 3.63) is 102 Å². The maximum Gasteiger partial charge on any atom is 0.427 e. The van der Waals surface area contributed by atoms with Gasteiger partial charge in [-0.05, 0) is 35.9 Å². The van der Waals surface area contributed by atoms with Gasteiger partial charge in [-0.25, -0.2) is 13.2 Å². The molecule has 0 atom stereocenters. The van der Waals surface area contributed by atoms with Gasteiger partial charge in [0.1, 0.15) is 5.69 Å². The number of carbonyl (C=O) groups is 1. The lowest BCUT2D eigenvalue weighted by atomic mass is 10.2. The fourth-order valence-corrected chi connectivity index (χ4v) is 4.70. The van der Waals surface area contributed by atoms with Gasteiger partial charge in [0.25, 0.3) is 0 Å².